The molecule has 1 aliphatic rings. The van der Waals surface area contributed by atoms with Gasteiger partial charge in [0, 0.05) is 44.4 Å². The van der Waals surface area contributed by atoms with Gasteiger partial charge in [-0.05, 0) is 60.9 Å². The first-order valence-corrected chi connectivity index (χ1v) is 11.7. The molecule has 174 valence electrons. The van der Waals surface area contributed by atoms with E-state index in [1.807, 2.05) is 24.3 Å². The topological polar surface area (TPSA) is 79.7 Å². The van der Waals surface area contributed by atoms with Gasteiger partial charge in [0.15, 0.2) is 12.6 Å². The average Bonchev–Trinajstić information content (AvgIpc) is 3.56. The van der Waals surface area contributed by atoms with E-state index < -0.39 is 0 Å². The van der Waals surface area contributed by atoms with Gasteiger partial charge in [-0.3, -0.25) is 9.79 Å². The molecule has 0 spiro atoms. The maximum atomic E-state index is 11.7. The molecule has 0 saturated heterocycles. The summed E-state index contributed by atoms with van der Waals surface area (Å²) < 4.78 is 7.85. The molecule has 33 heavy (non-hydrogen) atoms. The number of carbonyl (C=O) groups is 1. The van der Waals surface area contributed by atoms with Crippen LogP contribution in [0.3, 0.4) is 0 Å². The van der Waals surface area contributed by atoms with Crippen LogP contribution in [0.4, 0.5) is 0 Å². The number of para-hydroxylation sites is 1. The number of hydrogen-bond donors (Lipinski definition) is 3. The average molecular weight is 448 g/mol. The van der Waals surface area contributed by atoms with Crippen LogP contribution in [0.5, 0.6) is 5.75 Å². The second kappa shape index (κ2) is 11.4. The zero-order valence-corrected chi connectivity index (χ0v) is 19.2. The van der Waals surface area contributed by atoms with Gasteiger partial charge in [-0.15, -0.1) is 0 Å². The van der Waals surface area contributed by atoms with Crippen LogP contribution in [0, 0.1) is 0 Å². The van der Waals surface area contributed by atoms with Crippen molar-refractivity contribution in [2.45, 2.75) is 38.3 Å². The molecule has 0 atom stereocenters. The fourth-order valence-corrected chi connectivity index (χ4v) is 3.74. The molecular formula is C26H33N5O2. The van der Waals surface area contributed by atoms with Crippen LogP contribution in [0.2, 0.25) is 0 Å². The molecule has 3 aromatic rings. The summed E-state index contributed by atoms with van der Waals surface area (Å²) >= 11 is 0. The lowest BCUT2D eigenvalue weighted by Crippen LogP contribution is -2.38. The van der Waals surface area contributed by atoms with E-state index in [0.29, 0.717) is 11.8 Å². The third-order valence-corrected chi connectivity index (χ3v) is 5.71. The number of hydrogen-bond acceptors (Lipinski definition) is 3. The van der Waals surface area contributed by atoms with Crippen molar-refractivity contribution < 1.29 is 9.53 Å². The van der Waals surface area contributed by atoms with Gasteiger partial charge >= 0.3 is 0 Å². The number of ether oxygens (including phenoxy) is 1. The van der Waals surface area contributed by atoms with E-state index in [-0.39, 0.29) is 12.5 Å². The Morgan fingerprint density at radius 2 is 1.85 bits per heavy atom. The van der Waals surface area contributed by atoms with Gasteiger partial charge in [0.25, 0.3) is 5.91 Å². The number of aromatic nitrogens is 1. The molecule has 7 heteroatoms. The molecule has 2 aromatic carbocycles. The van der Waals surface area contributed by atoms with Gasteiger partial charge in [-0.25, -0.2) is 0 Å². The van der Waals surface area contributed by atoms with E-state index in [1.54, 1.807) is 7.05 Å². The molecule has 0 unspecified atom stereocenters. The Balaban J connectivity index is 1.11. The van der Waals surface area contributed by atoms with Crippen molar-refractivity contribution in [1.29, 1.82) is 0 Å². The van der Waals surface area contributed by atoms with Crippen molar-refractivity contribution in [3.63, 3.8) is 0 Å². The van der Waals surface area contributed by atoms with Crippen molar-refractivity contribution in [3.05, 3.63) is 66.4 Å². The summed E-state index contributed by atoms with van der Waals surface area (Å²) in [5.41, 5.74) is 2.48. The first kappa shape index (κ1) is 22.7. The predicted molar refractivity (Wildman–Crippen MR) is 133 cm³/mol. The van der Waals surface area contributed by atoms with Gasteiger partial charge < -0.3 is 25.3 Å². The number of aryl methyl sites for hydroxylation is 1. The number of amides is 1. The Kier molecular flexibility index (Phi) is 7.85. The normalized spacial score (nSPS) is 13.7. The standard InChI is InChI=1S/C26H33N5O2/c1-27-26(28-15-4-17-31-18-14-21-5-2-3-6-24(21)31)29-16-13-20-7-11-23(12-8-20)33-19-25(32)30-22-9-10-22/h2-3,5-8,11-12,14,18,22H,4,9-10,13,15-17,19H2,1H3,(H,30,32)(H2,27,28,29). The lowest BCUT2D eigenvalue weighted by Gasteiger charge is -2.13. The third-order valence-electron chi connectivity index (χ3n) is 5.71. The number of aliphatic imine (C=N–C) groups is 1. The predicted octanol–water partition coefficient (Wildman–Crippen LogP) is 3.10. The molecule has 0 radical (unpaired) electrons. The fourth-order valence-electron chi connectivity index (χ4n) is 3.74. The third kappa shape index (κ3) is 7.00. The van der Waals surface area contributed by atoms with Crippen LogP contribution in [-0.4, -0.2) is 49.2 Å². The van der Waals surface area contributed by atoms with E-state index in [9.17, 15) is 4.79 Å². The van der Waals surface area contributed by atoms with Crippen LogP contribution in [-0.2, 0) is 17.8 Å². The Bertz CT molecular complexity index is 1070. The number of benzene rings is 2. The Morgan fingerprint density at radius 3 is 2.64 bits per heavy atom. The molecule has 1 heterocycles. The minimum Gasteiger partial charge on any atom is -0.484 e. The van der Waals surface area contributed by atoms with Gasteiger partial charge in [0.1, 0.15) is 5.75 Å². The van der Waals surface area contributed by atoms with Gasteiger partial charge in [0.05, 0.1) is 0 Å². The quantitative estimate of drug-likeness (QED) is 0.240. The molecule has 1 saturated carbocycles. The highest BCUT2D eigenvalue weighted by Gasteiger charge is 2.23. The van der Waals surface area contributed by atoms with Gasteiger partial charge in [-0.2, -0.15) is 0 Å². The molecule has 1 amide bonds. The monoisotopic (exact) mass is 447 g/mol. The van der Waals surface area contributed by atoms with Crippen LogP contribution in [0.15, 0.2) is 65.8 Å². The Morgan fingerprint density at radius 1 is 1.06 bits per heavy atom. The number of nitrogens with zero attached hydrogens (tertiary/aromatic N) is 2. The number of carbonyl (C=O) groups excluding carboxylic acids is 1. The Hall–Kier alpha value is -3.48. The zero-order valence-electron chi connectivity index (χ0n) is 19.2. The second-order valence-corrected chi connectivity index (χ2v) is 8.37. The first-order chi connectivity index (χ1) is 16.2. The number of fused-ring (bicyclic) bond motifs is 1. The maximum absolute atomic E-state index is 11.7. The Labute approximate surface area is 195 Å². The van der Waals surface area contributed by atoms with Crippen LogP contribution in [0.25, 0.3) is 10.9 Å². The molecule has 1 aliphatic carbocycles. The second-order valence-electron chi connectivity index (χ2n) is 8.37. The van der Waals surface area contributed by atoms with Crippen molar-refractivity contribution in [2.24, 2.45) is 4.99 Å². The molecule has 0 aliphatic heterocycles. The maximum Gasteiger partial charge on any atom is 0.258 e. The van der Waals surface area contributed by atoms with Crippen molar-refractivity contribution in [1.82, 2.24) is 20.5 Å². The summed E-state index contributed by atoms with van der Waals surface area (Å²) in [7, 11) is 1.79. The summed E-state index contributed by atoms with van der Waals surface area (Å²) in [4.78, 5) is 16.0. The van der Waals surface area contributed by atoms with Gasteiger partial charge in [0.2, 0.25) is 0 Å². The van der Waals surface area contributed by atoms with Crippen molar-refractivity contribution in [2.75, 3.05) is 26.7 Å². The minimum atomic E-state index is -0.0497. The lowest BCUT2D eigenvalue weighted by atomic mass is 10.1. The molecule has 3 N–H and O–H groups in total. The van der Waals surface area contributed by atoms with Crippen molar-refractivity contribution in [3.8, 4) is 5.75 Å². The first-order valence-electron chi connectivity index (χ1n) is 11.7. The molecule has 0 bridgehead atoms. The molecule has 7 nitrogen and oxygen atoms in total. The molecule has 4 rings (SSSR count). The highest BCUT2D eigenvalue weighted by molar-refractivity contribution is 5.80. The highest BCUT2D eigenvalue weighted by atomic mass is 16.5. The summed E-state index contributed by atoms with van der Waals surface area (Å²) in [6.45, 7) is 2.67. The van der Waals surface area contributed by atoms with Crippen LogP contribution < -0.4 is 20.7 Å². The van der Waals surface area contributed by atoms with Gasteiger partial charge in [-0.1, -0.05) is 30.3 Å². The fraction of sp³-hybridized carbons (Fsp3) is 0.385. The summed E-state index contributed by atoms with van der Waals surface area (Å²) in [5.74, 6) is 1.48. The number of guanidine groups is 1. The molecule has 1 fully saturated rings. The van der Waals surface area contributed by atoms with Crippen LogP contribution >= 0.6 is 0 Å². The largest absolute Gasteiger partial charge is 0.484 e. The molecular weight excluding hydrogens is 414 g/mol. The van der Waals surface area contributed by atoms with E-state index in [2.05, 4.69) is 62.0 Å². The molecule has 1 aromatic heterocycles. The summed E-state index contributed by atoms with van der Waals surface area (Å²) in [6.07, 6.45) is 6.20. The summed E-state index contributed by atoms with van der Waals surface area (Å²) in [5, 5.41) is 11.0. The van der Waals surface area contributed by atoms with E-state index >= 15 is 0 Å². The summed E-state index contributed by atoms with van der Waals surface area (Å²) in [6, 6.07) is 18.9. The SMILES string of the molecule is CN=C(NCCCn1ccc2ccccc21)NCCc1ccc(OCC(=O)NC2CC2)cc1. The van der Waals surface area contributed by atoms with Crippen molar-refractivity contribution >= 4 is 22.8 Å². The smallest absolute Gasteiger partial charge is 0.258 e. The zero-order chi connectivity index (χ0) is 22.9. The highest BCUT2D eigenvalue weighted by Crippen LogP contribution is 2.18. The van der Waals surface area contributed by atoms with E-state index in [1.165, 1.54) is 16.5 Å². The number of rotatable bonds is 11. The van der Waals surface area contributed by atoms with Crippen LogP contribution in [0.1, 0.15) is 24.8 Å². The van der Waals surface area contributed by atoms with E-state index in [0.717, 1.165) is 51.3 Å². The lowest BCUT2D eigenvalue weighted by molar-refractivity contribution is -0.123. The minimum absolute atomic E-state index is 0.0497. The number of nitrogens with one attached hydrogen (secondary N) is 3. The van der Waals surface area contributed by atoms with E-state index in [4.69, 9.17) is 4.74 Å².